The molecule has 9 heteroatoms. The molecule has 5 rings (SSSR count). The number of aliphatic hydroxyl groups is 2. The second kappa shape index (κ2) is 9.69. The van der Waals surface area contributed by atoms with Crippen molar-refractivity contribution >= 4 is 22.5 Å². The van der Waals surface area contributed by atoms with Crippen LogP contribution in [0.3, 0.4) is 0 Å². The van der Waals surface area contributed by atoms with Crippen molar-refractivity contribution in [3.8, 4) is 5.75 Å². The number of rotatable bonds is 6. The van der Waals surface area contributed by atoms with E-state index in [1.165, 1.54) is 6.92 Å². The summed E-state index contributed by atoms with van der Waals surface area (Å²) in [7, 11) is 0. The molecular weight excluding hydrogens is 434 g/mol. The summed E-state index contributed by atoms with van der Waals surface area (Å²) in [5, 5.41) is 23.1. The number of benzene rings is 1. The molecule has 3 N–H and O–H groups in total. The number of morpholine rings is 1. The minimum Gasteiger partial charge on any atom is -0.488 e. The van der Waals surface area contributed by atoms with E-state index in [2.05, 4.69) is 37.3 Å². The van der Waals surface area contributed by atoms with Crippen LogP contribution in [-0.4, -0.2) is 63.6 Å². The number of aromatic nitrogens is 3. The van der Waals surface area contributed by atoms with E-state index in [9.17, 15) is 10.2 Å². The van der Waals surface area contributed by atoms with E-state index in [0.29, 0.717) is 11.4 Å². The average Bonchev–Trinajstić information content (AvgIpc) is 2.85. The Hall–Kier alpha value is -3.01. The molecule has 2 aliphatic rings. The van der Waals surface area contributed by atoms with Crippen LogP contribution in [0.2, 0.25) is 0 Å². The van der Waals surface area contributed by atoms with Crippen molar-refractivity contribution in [1.82, 2.24) is 15.0 Å². The monoisotopic (exact) mass is 465 g/mol. The van der Waals surface area contributed by atoms with E-state index in [-0.39, 0.29) is 12.1 Å². The van der Waals surface area contributed by atoms with Crippen molar-refractivity contribution in [1.29, 1.82) is 0 Å². The first kappa shape index (κ1) is 22.8. The van der Waals surface area contributed by atoms with Crippen LogP contribution in [0.25, 0.3) is 11.0 Å². The van der Waals surface area contributed by atoms with E-state index >= 15 is 0 Å². The Bertz CT molecular complexity index is 1120. The number of nitrogens with zero attached hydrogens (tertiary/aromatic N) is 4. The number of fused-ring (bicyclic) bond motifs is 1. The molecule has 9 nitrogen and oxygen atoms in total. The largest absolute Gasteiger partial charge is 0.488 e. The summed E-state index contributed by atoms with van der Waals surface area (Å²) in [6, 6.07) is 7.70. The van der Waals surface area contributed by atoms with Gasteiger partial charge in [-0.1, -0.05) is 0 Å². The molecule has 1 aliphatic carbocycles. The number of hydrogen-bond acceptors (Lipinski definition) is 9. The summed E-state index contributed by atoms with van der Waals surface area (Å²) >= 11 is 0. The number of nitrogens with one attached hydrogen (secondary N) is 1. The predicted molar refractivity (Wildman–Crippen MR) is 129 cm³/mol. The maximum absolute atomic E-state index is 9.84. The normalized spacial score (nSPS) is 21.4. The van der Waals surface area contributed by atoms with Gasteiger partial charge in [0.25, 0.3) is 0 Å². The van der Waals surface area contributed by atoms with E-state index in [1.54, 1.807) is 30.7 Å². The lowest BCUT2D eigenvalue weighted by molar-refractivity contribution is -0.152. The number of pyridine rings is 1. The molecule has 0 spiro atoms. The van der Waals surface area contributed by atoms with Gasteiger partial charge in [0.1, 0.15) is 17.1 Å². The Morgan fingerprint density at radius 2 is 1.76 bits per heavy atom. The molecule has 2 fully saturated rings. The summed E-state index contributed by atoms with van der Waals surface area (Å²) in [5.74, 6) is -0.453. The van der Waals surface area contributed by atoms with Crippen molar-refractivity contribution in [2.75, 3.05) is 36.5 Å². The van der Waals surface area contributed by atoms with Crippen molar-refractivity contribution < 1.29 is 19.7 Å². The highest BCUT2D eigenvalue weighted by atomic mass is 16.5. The molecule has 0 radical (unpaired) electrons. The van der Waals surface area contributed by atoms with Gasteiger partial charge < -0.3 is 29.9 Å². The Balaban J connectivity index is 1.25. The van der Waals surface area contributed by atoms with E-state index in [4.69, 9.17) is 9.47 Å². The van der Waals surface area contributed by atoms with Gasteiger partial charge in [0, 0.05) is 55.0 Å². The summed E-state index contributed by atoms with van der Waals surface area (Å²) in [4.78, 5) is 15.7. The van der Waals surface area contributed by atoms with Gasteiger partial charge in [0.15, 0.2) is 5.79 Å². The van der Waals surface area contributed by atoms with Gasteiger partial charge in [-0.25, -0.2) is 9.97 Å². The van der Waals surface area contributed by atoms with E-state index in [1.807, 2.05) is 0 Å². The molecule has 1 saturated heterocycles. The zero-order valence-corrected chi connectivity index (χ0v) is 19.4. The Morgan fingerprint density at radius 1 is 1.00 bits per heavy atom. The van der Waals surface area contributed by atoms with Gasteiger partial charge >= 0.3 is 0 Å². The second-order valence-corrected chi connectivity index (χ2v) is 9.15. The summed E-state index contributed by atoms with van der Waals surface area (Å²) in [6.45, 7) is 4.49. The fraction of sp³-hybridized carbons (Fsp3) is 0.480. The van der Waals surface area contributed by atoms with Crippen molar-refractivity contribution in [3.63, 3.8) is 0 Å². The zero-order valence-electron chi connectivity index (χ0n) is 19.4. The third-order valence-corrected chi connectivity index (χ3v) is 6.53. The molecule has 0 bridgehead atoms. The summed E-state index contributed by atoms with van der Waals surface area (Å²) < 4.78 is 12.0. The fourth-order valence-corrected chi connectivity index (χ4v) is 4.64. The predicted octanol–water partition coefficient (Wildman–Crippen LogP) is 2.82. The van der Waals surface area contributed by atoms with Crippen LogP contribution in [0.15, 0.2) is 42.9 Å². The summed E-state index contributed by atoms with van der Waals surface area (Å²) in [5.41, 5.74) is 3.13. The highest BCUT2D eigenvalue weighted by molar-refractivity contribution is 5.85. The number of hydrogen-bond donors (Lipinski definition) is 3. The van der Waals surface area contributed by atoms with Crippen molar-refractivity contribution in [2.24, 2.45) is 0 Å². The van der Waals surface area contributed by atoms with Crippen LogP contribution in [0.4, 0.5) is 11.5 Å². The zero-order chi connectivity index (χ0) is 23.5. The first-order valence-corrected chi connectivity index (χ1v) is 11.9. The Labute approximate surface area is 198 Å². The Morgan fingerprint density at radius 3 is 2.53 bits per heavy atom. The molecule has 0 unspecified atom stereocenters. The molecular formula is C25H31N5O4. The van der Waals surface area contributed by atoms with Gasteiger partial charge in [0.05, 0.1) is 24.8 Å². The molecule has 2 aromatic heterocycles. The molecule has 1 aliphatic heterocycles. The molecule has 34 heavy (non-hydrogen) atoms. The molecule has 1 aromatic carbocycles. The van der Waals surface area contributed by atoms with Crippen LogP contribution >= 0.6 is 0 Å². The molecule has 3 aromatic rings. The minimum absolute atomic E-state index is 0.0978. The van der Waals surface area contributed by atoms with Gasteiger partial charge in [-0.2, -0.15) is 0 Å². The molecule has 0 atom stereocenters. The first-order valence-electron chi connectivity index (χ1n) is 11.9. The molecule has 3 heterocycles. The quantitative estimate of drug-likeness (QED) is 0.473. The van der Waals surface area contributed by atoms with E-state index in [0.717, 1.165) is 74.5 Å². The smallest absolute Gasteiger partial charge is 0.186 e. The van der Waals surface area contributed by atoms with Crippen LogP contribution in [0.1, 0.15) is 38.2 Å². The third-order valence-electron chi connectivity index (χ3n) is 6.53. The topological polar surface area (TPSA) is 113 Å². The van der Waals surface area contributed by atoms with E-state index < -0.39 is 5.79 Å². The highest BCUT2D eigenvalue weighted by Crippen LogP contribution is 2.33. The van der Waals surface area contributed by atoms with Gasteiger partial charge in [-0.05, 0) is 50.8 Å². The van der Waals surface area contributed by atoms with Gasteiger partial charge in [0.2, 0.25) is 0 Å². The van der Waals surface area contributed by atoms with Crippen LogP contribution < -0.4 is 15.0 Å². The lowest BCUT2D eigenvalue weighted by Gasteiger charge is -2.31. The van der Waals surface area contributed by atoms with Crippen LogP contribution in [0.5, 0.6) is 5.75 Å². The van der Waals surface area contributed by atoms with Crippen LogP contribution in [-0.2, 0) is 10.5 Å². The summed E-state index contributed by atoms with van der Waals surface area (Å²) in [6.07, 6.45) is 8.76. The highest BCUT2D eigenvalue weighted by Gasteiger charge is 2.25. The maximum atomic E-state index is 9.84. The standard InChI is InChI=1S/C25H31N5O4/c1-25(31,32)17-6-7-27-23(14-17)29-18-2-4-20(5-3-18)34-22-16-19(30-10-12-33-13-11-30)15-21-24(22)28-9-8-26-21/h6-9,14-16,18,20,31-32H,2-5,10-13H2,1H3,(H,27,29)/t18-,20+. The SMILES string of the molecule is CC(O)(O)c1ccnc(N[C@H]2CC[C@@H](Oc3cc(N4CCOCC4)cc4nccnc34)CC2)c1. The molecule has 180 valence electrons. The lowest BCUT2D eigenvalue weighted by atomic mass is 9.93. The van der Waals surface area contributed by atoms with Crippen LogP contribution in [0, 0.1) is 0 Å². The number of anilines is 2. The minimum atomic E-state index is -1.88. The molecule has 0 amide bonds. The second-order valence-electron chi connectivity index (χ2n) is 9.15. The maximum Gasteiger partial charge on any atom is 0.186 e. The first-order chi connectivity index (χ1) is 16.5. The Kier molecular flexibility index (Phi) is 6.49. The third kappa shape index (κ3) is 5.22. The van der Waals surface area contributed by atoms with Gasteiger partial charge in [-0.3, -0.25) is 4.98 Å². The van der Waals surface area contributed by atoms with Crippen molar-refractivity contribution in [2.45, 2.75) is 50.5 Å². The number of ether oxygens (including phenoxy) is 2. The lowest BCUT2D eigenvalue weighted by Crippen LogP contribution is -2.36. The fourth-order valence-electron chi connectivity index (χ4n) is 4.64. The molecule has 1 saturated carbocycles. The van der Waals surface area contributed by atoms with Gasteiger partial charge in [-0.15, -0.1) is 0 Å². The average molecular weight is 466 g/mol. The van der Waals surface area contributed by atoms with Crippen molar-refractivity contribution in [3.05, 3.63) is 48.4 Å².